The number of morpholine rings is 1. The van der Waals surface area contributed by atoms with E-state index in [1.54, 1.807) is 16.8 Å². The second-order valence-electron chi connectivity index (χ2n) is 5.39. The van der Waals surface area contributed by atoms with Crippen molar-refractivity contribution in [2.75, 3.05) is 13.1 Å². The van der Waals surface area contributed by atoms with Gasteiger partial charge in [0.15, 0.2) is 0 Å². The molecule has 2 unspecified atom stereocenters. The Kier molecular flexibility index (Phi) is 3.62. The van der Waals surface area contributed by atoms with E-state index in [2.05, 4.69) is 0 Å². The van der Waals surface area contributed by atoms with E-state index in [0.29, 0.717) is 25.3 Å². The number of sulfonamides is 1. The maximum absolute atomic E-state index is 12.7. The predicted octanol–water partition coefficient (Wildman–Crippen LogP) is 0.552. The lowest BCUT2D eigenvalue weighted by molar-refractivity contribution is -0.0114. The van der Waals surface area contributed by atoms with Crippen LogP contribution in [-0.4, -0.2) is 47.7 Å². The Labute approximate surface area is 119 Å². The van der Waals surface area contributed by atoms with Gasteiger partial charge in [0.2, 0.25) is 10.0 Å². The van der Waals surface area contributed by atoms with Crippen molar-refractivity contribution in [3.8, 4) is 0 Å². The first-order chi connectivity index (χ1) is 9.54. The smallest absolute Gasteiger partial charge is 0.244 e. The molecule has 2 aliphatic heterocycles. The minimum atomic E-state index is -3.49. The first-order valence-corrected chi connectivity index (χ1v) is 8.44. The number of aliphatic hydroxyl groups excluding tert-OH is 1. The molecule has 0 aromatic carbocycles. The molecule has 1 aromatic rings. The lowest BCUT2D eigenvalue weighted by atomic mass is 10.2. The third kappa shape index (κ3) is 2.28. The van der Waals surface area contributed by atoms with E-state index in [0.717, 1.165) is 12.8 Å². The minimum Gasteiger partial charge on any atom is -0.390 e. The summed E-state index contributed by atoms with van der Waals surface area (Å²) >= 11 is 0. The molecule has 112 valence electrons. The quantitative estimate of drug-likeness (QED) is 0.881. The molecule has 6 nitrogen and oxygen atoms in total. The van der Waals surface area contributed by atoms with Gasteiger partial charge >= 0.3 is 0 Å². The molecule has 2 fully saturated rings. The molecule has 0 radical (unpaired) electrons. The average molecular weight is 300 g/mol. The summed E-state index contributed by atoms with van der Waals surface area (Å²) in [6, 6.07) is 1.57. The third-order valence-corrected chi connectivity index (χ3v) is 5.91. The topological polar surface area (TPSA) is 71.8 Å². The van der Waals surface area contributed by atoms with Gasteiger partial charge in [-0.2, -0.15) is 4.31 Å². The van der Waals surface area contributed by atoms with E-state index in [9.17, 15) is 13.5 Å². The van der Waals surface area contributed by atoms with Crippen LogP contribution in [0.3, 0.4) is 0 Å². The van der Waals surface area contributed by atoms with Gasteiger partial charge in [0, 0.05) is 31.5 Å². The summed E-state index contributed by atoms with van der Waals surface area (Å²) in [4.78, 5) is 0.268. The Morgan fingerprint density at radius 1 is 1.35 bits per heavy atom. The first kappa shape index (κ1) is 14.1. The molecule has 0 spiro atoms. The van der Waals surface area contributed by atoms with Gasteiger partial charge in [0.1, 0.15) is 4.90 Å². The fourth-order valence-corrected chi connectivity index (χ4v) is 4.58. The Morgan fingerprint density at radius 2 is 2.00 bits per heavy atom. The predicted molar refractivity (Wildman–Crippen MR) is 72.7 cm³/mol. The summed E-state index contributed by atoms with van der Waals surface area (Å²) in [6.45, 7) is 3.28. The highest BCUT2D eigenvalue weighted by atomic mass is 32.2. The molecule has 3 rings (SSSR count). The van der Waals surface area contributed by atoms with Gasteiger partial charge in [-0.25, -0.2) is 8.42 Å². The Hall–Kier alpha value is -0.890. The number of rotatable bonds is 4. The fraction of sp³-hybridized carbons (Fsp3) is 0.692. The Bertz CT molecular complexity index is 562. The lowest BCUT2D eigenvalue weighted by Crippen LogP contribution is -2.45. The number of nitrogens with zero attached hydrogens (tertiary/aromatic N) is 2. The number of hydrogen-bond acceptors (Lipinski definition) is 4. The third-order valence-electron chi connectivity index (χ3n) is 4.11. The number of aromatic nitrogens is 1. The Morgan fingerprint density at radius 3 is 2.50 bits per heavy atom. The molecule has 0 saturated carbocycles. The number of ether oxygens (including phenoxy) is 1. The van der Waals surface area contributed by atoms with Crippen LogP contribution in [0.5, 0.6) is 0 Å². The molecule has 2 saturated heterocycles. The fourth-order valence-electron chi connectivity index (χ4n) is 3.02. The molecule has 20 heavy (non-hydrogen) atoms. The summed E-state index contributed by atoms with van der Waals surface area (Å²) in [6.07, 6.45) is 3.56. The van der Waals surface area contributed by atoms with E-state index >= 15 is 0 Å². The highest BCUT2D eigenvalue weighted by Gasteiger charge is 2.39. The van der Waals surface area contributed by atoms with Gasteiger partial charge in [-0.15, -0.1) is 0 Å². The van der Waals surface area contributed by atoms with Crippen molar-refractivity contribution in [3.63, 3.8) is 0 Å². The lowest BCUT2D eigenvalue weighted by Gasteiger charge is -2.30. The second kappa shape index (κ2) is 5.14. The maximum atomic E-state index is 12.7. The van der Waals surface area contributed by atoms with E-state index in [1.807, 2.05) is 6.92 Å². The van der Waals surface area contributed by atoms with E-state index in [1.165, 1.54) is 4.31 Å². The largest absolute Gasteiger partial charge is 0.390 e. The zero-order chi connectivity index (χ0) is 14.3. The van der Waals surface area contributed by atoms with Crippen LogP contribution in [0, 0.1) is 0 Å². The monoisotopic (exact) mass is 300 g/mol. The SMILES string of the molecule is CCn1cc(S(=O)(=O)N2CC3CCC(C2)O3)cc1CO. The van der Waals surface area contributed by atoms with Crippen LogP contribution < -0.4 is 0 Å². The van der Waals surface area contributed by atoms with Crippen LogP contribution in [-0.2, 0) is 27.9 Å². The van der Waals surface area contributed by atoms with Crippen LogP contribution >= 0.6 is 0 Å². The van der Waals surface area contributed by atoms with Crippen molar-refractivity contribution >= 4 is 10.0 Å². The molecule has 2 atom stereocenters. The first-order valence-electron chi connectivity index (χ1n) is 7.00. The van der Waals surface area contributed by atoms with Crippen molar-refractivity contribution in [2.24, 2.45) is 0 Å². The summed E-state index contributed by atoms with van der Waals surface area (Å²) < 4.78 is 34.3. The van der Waals surface area contributed by atoms with Crippen molar-refractivity contribution in [1.82, 2.24) is 8.87 Å². The molecular formula is C13H20N2O4S. The summed E-state index contributed by atoms with van der Waals surface area (Å²) in [5.74, 6) is 0. The summed E-state index contributed by atoms with van der Waals surface area (Å²) in [7, 11) is -3.49. The normalized spacial score (nSPS) is 27.1. The summed E-state index contributed by atoms with van der Waals surface area (Å²) in [5.41, 5.74) is 0.627. The van der Waals surface area contributed by atoms with E-state index < -0.39 is 10.0 Å². The van der Waals surface area contributed by atoms with Crippen LogP contribution in [0.2, 0.25) is 0 Å². The van der Waals surface area contributed by atoms with E-state index in [-0.39, 0.29) is 23.7 Å². The number of aliphatic hydroxyl groups is 1. The van der Waals surface area contributed by atoms with Crippen LogP contribution in [0.1, 0.15) is 25.5 Å². The van der Waals surface area contributed by atoms with Crippen molar-refractivity contribution in [2.45, 2.75) is 50.0 Å². The van der Waals surface area contributed by atoms with Crippen molar-refractivity contribution < 1.29 is 18.3 Å². The molecule has 2 aliphatic rings. The Balaban J connectivity index is 1.89. The zero-order valence-corrected chi connectivity index (χ0v) is 12.3. The van der Waals surface area contributed by atoms with Gasteiger partial charge in [-0.05, 0) is 25.8 Å². The highest BCUT2D eigenvalue weighted by Crippen LogP contribution is 2.30. The van der Waals surface area contributed by atoms with Crippen molar-refractivity contribution in [3.05, 3.63) is 18.0 Å². The van der Waals surface area contributed by atoms with Crippen LogP contribution in [0.4, 0.5) is 0 Å². The molecule has 0 amide bonds. The molecule has 7 heteroatoms. The van der Waals surface area contributed by atoms with Crippen LogP contribution in [0.25, 0.3) is 0 Å². The average Bonchev–Trinajstić information content (AvgIpc) is 3.01. The second-order valence-corrected chi connectivity index (χ2v) is 7.33. The minimum absolute atomic E-state index is 0.0362. The molecule has 1 N–H and O–H groups in total. The molecule has 0 aliphatic carbocycles. The molecule has 2 bridgehead atoms. The van der Waals surface area contributed by atoms with E-state index in [4.69, 9.17) is 4.74 Å². The zero-order valence-electron chi connectivity index (χ0n) is 11.5. The molecule has 1 aromatic heterocycles. The van der Waals surface area contributed by atoms with Gasteiger partial charge in [-0.3, -0.25) is 0 Å². The van der Waals surface area contributed by atoms with Gasteiger partial charge in [0.05, 0.1) is 18.8 Å². The van der Waals surface area contributed by atoms with Gasteiger partial charge in [0.25, 0.3) is 0 Å². The number of fused-ring (bicyclic) bond motifs is 2. The van der Waals surface area contributed by atoms with Crippen molar-refractivity contribution in [1.29, 1.82) is 0 Å². The standard InChI is InChI=1S/C13H20N2O4S/c1-2-14-8-13(5-10(14)9-16)20(17,18)15-6-11-3-4-12(7-15)19-11/h5,8,11-12,16H,2-4,6-7,9H2,1H3. The number of hydrogen-bond donors (Lipinski definition) is 1. The maximum Gasteiger partial charge on any atom is 0.244 e. The summed E-state index contributed by atoms with van der Waals surface area (Å²) in [5, 5.41) is 9.28. The molecular weight excluding hydrogens is 280 g/mol. The van der Waals surface area contributed by atoms with Gasteiger partial charge in [-0.1, -0.05) is 0 Å². The van der Waals surface area contributed by atoms with Crippen LogP contribution in [0.15, 0.2) is 17.2 Å². The highest BCUT2D eigenvalue weighted by molar-refractivity contribution is 7.89. The molecule has 3 heterocycles. The van der Waals surface area contributed by atoms with Gasteiger partial charge < -0.3 is 14.4 Å². The number of aryl methyl sites for hydroxylation is 1.